The summed E-state index contributed by atoms with van der Waals surface area (Å²) in [6.07, 6.45) is 3.20. The molecule has 4 rings (SSSR count). The van der Waals surface area contributed by atoms with Gasteiger partial charge in [0, 0.05) is 22.3 Å². The first kappa shape index (κ1) is 16.2. The van der Waals surface area contributed by atoms with Crippen LogP contribution in [0, 0.1) is 6.92 Å². The molecule has 2 heterocycles. The minimum absolute atomic E-state index is 0.205. The number of imidazole rings is 1. The number of hydrogen-bond acceptors (Lipinski definition) is 4. The van der Waals surface area contributed by atoms with Crippen LogP contribution in [0.1, 0.15) is 15.5 Å². The zero-order valence-corrected chi connectivity index (χ0v) is 14.9. The van der Waals surface area contributed by atoms with Gasteiger partial charge in [0.1, 0.15) is 5.69 Å². The summed E-state index contributed by atoms with van der Waals surface area (Å²) < 4.78 is 1.77. The lowest BCUT2D eigenvalue weighted by Crippen LogP contribution is -2.16. The lowest BCUT2D eigenvalue weighted by molar-refractivity contribution is 0.102. The SMILES string of the molecule is Cc1nc(-c2ccc(NC(=O)c3cncn3-c3ccccc3)cc2)cs1. The van der Waals surface area contributed by atoms with Gasteiger partial charge in [0.05, 0.1) is 23.2 Å². The third-order valence-corrected chi connectivity index (χ3v) is 4.74. The van der Waals surface area contributed by atoms with Crippen molar-refractivity contribution < 1.29 is 4.79 Å². The molecule has 0 saturated heterocycles. The number of nitrogens with one attached hydrogen (secondary N) is 1. The monoisotopic (exact) mass is 360 g/mol. The Morgan fingerprint density at radius 3 is 2.54 bits per heavy atom. The van der Waals surface area contributed by atoms with Crippen LogP contribution in [0.4, 0.5) is 5.69 Å². The van der Waals surface area contributed by atoms with Gasteiger partial charge in [-0.25, -0.2) is 9.97 Å². The molecule has 5 nitrogen and oxygen atoms in total. The number of rotatable bonds is 4. The number of carbonyl (C=O) groups excluding carboxylic acids is 1. The van der Waals surface area contributed by atoms with Crippen LogP contribution in [0.15, 0.2) is 72.5 Å². The van der Waals surface area contributed by atoms with Crippen LogP contribution >= 0.6 is 11.3 Å². The molecular weight excluding hydrogens is 344 g/mol. The summed E-state index contributed by atoms with van der Waals surface area (Å²) in [5, 5.41) is 5.98. The molecule has 128 valence electrons. The third-order valence-electron chi connectivity index (χ3n) is 3.96. The molecule has 0 bridgehead atoms. The molecule has 4 aromatic rings. The standard InChI is InChI=1S/C20H16N4OS/c1-14-22-18(12-26-14)15-7-9-16(10-8-15)23-20(25)19-11-21-13-24(19)17-5-3-2-4-6-17/h2-13H,1H3,(H,23,25). The summed E-state index contributed by atoms with van der Waals surface area (Å²) >= 11 is 1.62. The van der Waals surface area contributed by atoms with E-state index in [9.17, 15) is 4.79 Å². The molecule has 2 aromatic carbocycles. The molecule has 0 unspecified atom stereocenters. The van der Waals surface area contributed by atoms with E-state index in [1.54, 1.807) is 28.4 Å². The van der Waals surface area contributed by atoms with E-state index in [0.717, 1.165) is 27.6 Å². The van der Waals surface area contributed by atoms with Crippen molar-refractivity contribution in [1.29, 1.82) is 0 Å². The van der Waals surface area contributed by atoms with Crippen molar-refractivity contribution in [3.05, 3.63) is 83.2 Å². The van der Waals surface area contributed by atoms with Crippen LogP contribution in [0.25, 0.3) is 16.9 Å². The predicted molar refractivity (Wildman–Crippen MR) is 104 cm³/mol. The maximum Gasteiger partial charge on any atom is 0.274 e. The highest BCUT2D eigenvalue weighted by molar-refractivity contribution is 7.09. The fourth-order valence-corrected chi connectivity index (χ4v) is 3.29. The molecule has 0 saturated carbocycles. The molecule has 0 radical (unpaired) electrons. The average Bonchev–Trinajstić information content (AvgIpc) is 3.32. The number of amides is 1. The Hall–Kier alpha value is -3.25. The van der Waals surface area contributed by atoms with Crippen molar-refractivity contribution in [3.63, 3.8) is 0 Å². The molecule has 0 aliphatic rings. The van der Waals surface area contributed by atoms with Gasteiger partial charge in [0.15, 0.2) is 0 Å². The molecular formula is C20H16N4OS. The third kappa shape index (κ3) is 3.27. The highest BCUT2D eigenvalue weighted by Crippen LogP contribution is 2.23. The van der Waals surface area contributed by atoms with Gasteiger partial charge in [-0.15, -0.1) is 11.3 Å². The molecule has 2 aromatic heterocycles. The highest BCUT2D eigenvalue weighted by Gasteiger charge is 2.13. The molecule has 6 heteroatoms. The zero-order valence-electron chi connectivity index (χ0n) is 14.1. The van der Waals surface area contributed by atoms with Crippen molar-refractivity contribution in [3.8, 4) is 16.9 Å². The zero-order chi connectivity index (χ0) is 17.9. The van der Waals surface area contributed by atoms with Gasteiger partial charge in [-0.2, -0.15) is 0 Å². The number of aryl methyl sites for hydroxylation is 1. The van der Waals surface area contributed by atoms with E-state index in [4.69, 9.17) is 0 Å². The second kappa shape index (κ2) is 6.93. The lowest BCUT2D eigenvalue weighted by atomic mass is 10.1. The second-order valence-corrected chi connectivity index (χ2v) is 6.83. The molecule has 0 spiro atoms. The van der Waals surface area contributed by atoms with Gasteiger partial charge in [0.25, 0.3) is 5.91 Å². The van der Waals surface area contributed by atoms with Crippen LogP contribution in [0.3, 0.4) is 0 Å². The highest BCUT2D eigenvalue weighted by atomic mass is 32.1. The summed E-state index contributed by atoms with van der Waals surface area (Å²) in [5.41, 5.74) is 4.08. The number of para-hydroxylation sites is 1. The Balaban J connectivity index is 1.53. The summed E-state index contributed by atoms with van der Waals surface area (Å²) in [4.78, 5) is 21.2. The minimum atomic E-state index is -0.205. The minimum Gasteiger partial charge on any atom is -0.321 e. The topological polar surface area (TPSA) is 59.8 Å². The summed E-state index contributed by atoms with van der Waals surface area (Å²) in [7, 11) is 0. The average molecular weight is 360 g/mol. The molecule has 1 N–H and O–H groups in total. The largest absolute Gasteiger partial charge is 0.321 e. The van der Waals surface area contributed by atoms with Crippen molar-refractivity contribution in [2.24, 2.45) is 0 Å². The number of carbonyl (C=O) groups is 1. The molecule has 0 fully saturated rings. The van der Waals surface area contributed by atoms with Gasteiger partial charge < -0.3 is 5.32 Å². The van der Waals surface area contributed by atoms with Crippen LogP contribution in [0.2, 0.25) is 0 Å². The lowest BCUT2D eigenvalue weighted by Gasteiger charge is -2.09. The predicted octanol–water partition coefficient (Wildman–Crippen LogP) is 4.56. The molecule has 0 aliphatic carbocycles. The number of aromatic nitrogens is 3. The fraction of sp³-hybridized carbons (Fsp3) is 0.0500. The molecule has 0 aliphatic heterocycles. The first-order chi connectivity index (χ1) is 12.7. The summed E-state index contributed by atoms with van der Waals surface area (Å²) in [6, 6.07) is 17.3. The number of anilines is 1. The van der Waals surface area contributed by atoms with E-state index in [-0.39, 0.29) is 5.91 Å². The maximum atomic E-state index is 12.6. The number of nitrogens with zero attached hydrogens (tertiary/aromatic N) is 3. The van der Waals surface area contributed by atoms with Gasteiger partial charge in [-0.3, -0.25) is 9.36 Å². The van der Waals surface area contributed by atoms with Crippen LogP contribution in [-0.2, 0) is 0 Å². The first-order valence-corrected chi connectivity index (χ1v) is 9.00. The molecule has 0 atom stereocenters. The van der Waals surface area contributed by atoms with Crippen molar-refractivity contribution in [2.45, 2.75) is 6.92 Å². The number of hydrogen-bond donors (Lipinski definition) is 1. The first-order valence-electron chi connectivity index (χ1n) is 8.12. The normalized spacial score (nSPS) is 10.7. The van der Waals surface area contributed by atoms with Crippen molar-refractivity contribution in [2.75, 3.05) is 5.32 Å². The summed E-state index contributed by atoms with van der Waals surface area (Å²) in [6.45, 7) is 1.98. The van der Waals surface area contributed by atoms with Crippen LogP contribution in [0.5, 0.6) is 0 Å². The quantitative estimate of drug-likeness (QED) is 0.580. The van der Waals surface area contributed by atoms with E-state index in [0.29, 0.717) is 5.69 Å². The number of benzene rings is 2. The van der Waals surface area contributed by atoms with Gasteiger partial charge in [-0.1, -0.05) is 30.3 Å². The van der Waals surface area contributed by atoms with Gasteiger partial charge in [-0.05, 0) is 31.2 Å². The second-order valence-electron chi connectivity index (χ2n) is 5.77. The Labute approximate surface area is 155 Å². The Kier molecular flexibility index (Phi) is 4.33. The Morgan fingerprint density at radius 2 is 1.85 bits per heavy atom. The fourth-order valence-electron chi connectivity index (χ4n) is 2.67. The van der Waals surface area contributed by atoms with Gasteiger partial charge in [0.2, 0.25) is 0 Å². The smallest absolute Gasteiger partial charge is 0.274 e. The van der Waals surface area contributed by atoms with Crippen molar-refractivity contribution in [1.82, 2.24) is 14.5 Å². The maximum absolute atomic E-state index is 12.6. The number of thiazole rings is 1. The van der Waals surface area contributed by atoms with E-state index in [2.05, 4.69) is 15.3 Å². The van der Waals surface area contributed by atoms with Crippen LogP contribution in [-0.4, -0.2) is 20.4 Å². The Bertz CT molecular complexity index is 1040. The summed E-state index contributed by atoms with van der Waals surface area (Å²) in [5.74, 6) is -0.205. The van der Waals surface area contributed by atoms with Crippen LogP contribution < -0.4 is 5.32 Å². The van der Waals surface area contributed by atoms with Gasteiger partial charge >= 0.3 is 0 Å². The van der Waals surface area contributed by atoms with E-state index in [1.165, 1.54) is 0 Å². The van der Waals surface area contributed by atoms with E-state index in [1.807, 2.05) is 66.9 Å². The van der Waals surface area contributed by atoms with Crippen molar-refractivity contribution >= 4 is 22.9 Å². The Morgan fingerprint density at radius 1 is 1.08 bits per heavy atom. The van der Waals surface area contributed by atoms with E-state index >= 15 is 0 Å². The van der Waals surface area contributed by atoms with E-state index < -0.39 is 0 Å². The molecule has 1 amide bonds. The molecule has 26 heavy (non-hydrogen) atoms.